The Morgan fingerprint density at radius 2 is 1.26 bits per heavy atom. The topological polar surface area (TPSA) is 69.7 Å². The molecule has 43 heavy (non-hydrogen) atoms. The van der Waals surface area contributed by atoms with Gasteiger partial charge in [-0.2, -0.15) is 0 Å². The van der Waals surface area contributed by atoms with E-state index < -0.39 is 31.4 Å². The van der Waals surface area contributed by atoms with Gasteiger partial charge in [-0.25, -0.2) is 4.79 Å². The van der Waals surface area contributed by atoms with Crippen LogP contribution in [0.2, 0.25) is 0 Å². The van der Waals surface area contributed by atoms with Crippen LogP contribution in [0.1, 0.15) is 56.5 Å². The Labute approximate surface area is 256 Å². The number of ether oxygens (including phenoxy) is 2. The highest BCUT2D eigenvalue weighted by molar-refractivity contribution is 7.80. The second-order valence-electron chi connectivity index (χ2n) is 10.8. The van der Waals surface area contributed by atoms with Crippen molar-refractivity contribution in [3.05, 3.63) is 126 Å². The van der Waals surface area contributed by atoms with Crippen LogP contribution in [0.3, 0.4) is 0 Å². The highest BCUT2D eigenvalue weighted by Gasteiger charge is 2.39. The van der Waals surface area contributed by atoms with Crippen molar-refractivity contribution in [2.24, 2.45) is 11.8 Å². The van der Waals surface area contributed by atoms with E-state index in [0.29, 0.717) is 18.4 Å². The van der Waals surface area contributed by atoms with Crippen molar-refractivity contribution in [1.29, 1.82) is 0 Å². The van der Waals surface area contributed by atoms with Crippen LogP contribution in [-0.2, 0) is 24.7 Å². The largest absolute Gasteiger partial charge is 0.465 e. The molecule has 6 heteroatoms. The molecule has 222 valence electrons. The summed E-state index contributed by atoms with van der Waals surface area (Å²) >= 11 is 0. The molecule has 0 aromatic heterocycles. The zero-order valence-corrected chi connectivity index (χ0v) is 26.1. The number of benzene rings is 4. The molecule has 0 N–H and O–H groups in total. The van der Waals surface area contributed by atoms with Gasteiger partial charge in [0, 0.05) is 5.92 Å². The van der Waals surface area contributed by atoms with Crippen LogP contribution in [0, 0.1) is 11.8 Å². The molecular formula is C37H39O5P. The number of hydrogen-bond donors (Lipinski definition) is 0. The molecule has 4 aromatic rings. The molecule has 5 nitrogen and oxygen atoms in total. The van der Waals surface area contributed by atoms with Crippen LogP contribution in [0.15, 0.2) is 115 Å². The quantitative estimate of drug-likeness (QED) is 0.0979. The highest BCUT2D eigenvalue weighted by Crippen LogP contribution is 2.39. The van der Waals surface area contributed by atoms with Crippen molar-refractivity contribution < 1.29 is 23.9 Å². The van der Waals surface area contributed by atoms with Gasteiger partial charge in [-0.3, -0.25) is 9.59 Å². The van der Waals surface area contributed by atoms with Crippen molar-refractivity contribution in [3.8, 4) is 0 Å². The molecule has 4 aromatic carbocycles. The van der Waals surface area contributed by atoms with Crippen molar-refractivity contribution in [2.45, 2.75) is 46.1 Å². The second kappa shape index (κ2) is 14.9. The molecule has 0 aliphatic rings. The predicted molar refractivity (Wildman–Crippen MR) is 174 cm³/mol. The number of carbonyl (C=O) groups excluding carboxylic acids is 3. The zero-order chi connectivity index (χ0) is 30.8. The van der Waals surface area contributed by atoms with Gasteiger partial charge in [-0.15, -0.1) is 0 Å². The fraction of sp³-hybridized carbons (Fsp3) is 0.270. The fourth-order valence-electron chi connectivity index (χ4n) is 5.31. The van der Waals surface area contributed by atoms with Crippen molar-refractivity contribution in [1.82, 2.24) is 0 Å². The Kier molecular flexibility index (Phi) is 11.0. The minimum Gasteiger partial charge on any atom is -0.465 e. The fourth-order valence-corrected chi connectivity index (χ4v) is 7.74. The van der Waals surface area contributed by atoms with Gasteiger partial charge >= 0.3 is 11.9 Å². The van der Waals surface area contributed by atoms with Crippen LogP contribution in [0.5, 0.6) is 0 Å². The second-order valence-corrected chi connectivity index (χ2v) is 13.0. The van der Waals surface area contributed by atoms with Gasteiger partial charge in [0.2, 0.25) is 0 Å². The summed E-state index contributed by atoms with van der Waals surface area (Å²) < 4.78 is 11.7. The predicted octanol–water partition coefficient (Wildman–Crippen LogP) is 6.70. The minimum absolute atomic E-state index is 0.214. The first-order valence-electron chi connectivity index (χ1n) is 14.7. The number of carbonyl (C=O) groups is 3. The monoisotopic (exact) mass is 594 g/mol. The zero-order valence-electron chi connectivity index (χ0n) is 25.2. The van der Waals surface area contributed by atoms with E-state index in [1.807, 2.05) is 105 Å². The minimum atomic E-state index is -1.03. The summed E-state index contributed by atoms with van der Waals surface area (Å²) in [7, 11) is -1.03. The molecule has 0 saturated carbocycles. The molecule has 3 atom stereocenters. The average Bonchev–Trinajstić information content (AvgIpc) is 3.03. The summed E-state index contributed by atoms with van der Waals surface area (Å²) in [4.78, 5) is 39.0. The molecule has 0 aliphatic heterocycles. The van der Waals surface area contributed by atoms with Crippen LogP contribution in [-0.4, -0.2) is 24.3 Å². The lowest BCUT2D eigenvalue weighted by Crippen LogP contribution is -2.38. The van der Waals surface area contributed by atoms with Crippen LogP contribution < -0.4 is 15.9 Å². The third-order valence-electron chi connectivity index (χ3n) is 7.94. The van der Waals surface area contributed by atoms with Gasteiger partial charge in [-0.05, 0) is 69.1 Å². The molecule has 0 saturated heterocycles. The van der Waals surface area contributed by atoms with Gasteiger partial charge in [-0.1, -0.05) is 116 Å². The van der Waals surface area contributed by atoms with E-state index >= 15 is 0 Å². The van der Waals surface area contributed by atoms with Gasteiger partial charge in [0.15, 0.2) is 0 Å². The standard InChI is InChI=1S/C37H39O5P/c1-5-41-35(39)32(28(3)38)26-25-27(2)37(4,29-17-9-6-10-18-29)42-36(40)33-23-15-16-24-34(33)43(30-19-11-7-12-20-30)31-21-13-8-14-22-31/h6-24,27,32H,5,25-26H2,1-4H3/t27-,32?,37+/m1/s1. The molecule has 0 radical (unpaired) electrons. The molecule has 0 fully saturated rings. The van der Waals surface area contributed by atoms with Crippen molar-refractivity contribution >= 4 is 41.6 Å². The smallest absolute Gasteiger partial charge is 0.339 e. The number of rotatable bonds is 13. The SMILES string of the molecule is CCOC(=O)C(CC[C@@H](C)[C@](C)(OC(=O)c1ccccc1P(c1ccccc1)c1ccccc1)c1ccccc1)C(C)=O. The van der Waals surface area contributed by atoms with E-state index in [1.54, 1.807) is 6.92 Å². The van der Waals surface area contributed by atoms with Crippen LogP contribution in [0.25, 0.3) is 0 Å². The summed E-state index contributed by atoms with van der Waals surface area (Å²) in [6.07, 6.45) is 0.781. The summed E-state index contributed by atoms with van der Waals surface area (Å²) in [6.45, 7) is 7.26. The van der Waals surface area contributed by atoms with E-state index in [4.69, 9.17) is 9.47 Å². The van der Waals surface area contributed by atoms with E-state index in [9.17, 15) is 14.4 Å². The van der Waals surface area contributed by atoms with Gasteiger partial charge in [0.1, 0.15) is 17.3 Å². The van der Waals surface area contributed by atoms with Gasteiger partial charge < -0.3 is 9.47 Å². The van der Waals surface area contributed by atoms with Gasteiger partial charge in [0.05, 0.1) is 12.2 Å². The number of Topliss-reactive ketones (excluding diaryl/α,β-unsaturated/α-hetero) is 1. The summed E-state index contributed by atoms with van der Waals surface area (Å²) in [5, 5.41) is 3.19. The number of hydrogen-bond acceptors (Lipinski definition) is 5. The molecule has 0 aliphatic carbocycles. The average molecular weight is 595 g/mol. The molecule has 1 unspecified atom stereocenters. The molecule has 0 bridgehead atoms. The summed E-state index contributed by atoms with van der Waals surface area (Å²) in [5.41, 5.74) is 0.338. The number of ketones is 1. The Morgan fingerprint density at radius 1 is 0.744 bits per heavy atom. The first-order chi connectivity index (χ1) is 20.8. The first kappa shape index (κ1) is 31.8. The normalized spacial score (nSPS) is 13.9. The highest BCUT2D eigenvalue weighted by atomic mass is 31.1. The van der Waals surface area contributed by atoms with Crippen LogP contribution in [0.4, 0.5) is 0 Å². The maximum absolute atomic E-state index is 14.2. The maximum Gasteiger partial charge on any atom is 0.339 e. The number of esters is 2. The Morgan fingerprint density at radius 3 is 1.79 bits per heavy atom. The molecular weight excluding hydrogens is 555 g/mol. The van der Waals surface area contributed by atoms with E-state index in [1.165, 1.54) is 6.92 Å². The summed E-state index contributed by atoms with van der Waals surface area (Å²) in [5.74, 6) is -2.22. The Balaban J connectivity index is 1.70. The van der Waals surface area contributed by atoms with E-state index in [0.717, 1.165) is 21.5 Å². The first-order valence-corrected chi connectivity index (χ1v) is 16.1. The van der Waals surface area contributed by atoms with E-state index in [-0.39, 0.29) is 18.3 Å². The van der Waals surface area contributed by atoms with Crippen molar-refractivity contribution in [2.75, 3.05) is 6.61 Å². The van der Waals surface area contributed by atoms with E-state index in [2.05, 4.69) is 24.3 Å². The lowest BCUT2D eigenvalue weighted by atomic mass is 9.79. The lowest BCUT2D eigenvalue weighted by molar-refractivity contribution is -0.151. The molecule has 0 spiro atoms. The van der Waals surface area contributed by atoms with Crippen LogP contribution >= 0.6 is 7.92 Å². The van der Waals surface area contributed by atoms with Crippen molar-refractivity contribution in [3.63, 3.8) is 0 Å². The van der Waals surface area contributed by atoms with Gasteiger partial charge in [0.25, 0.3) is 0 Å². The third-order valence-corrected chi connectivity index (χ3v) is 10.4. The lowest BCUT2D eigenvalue weighted by Gasteiger charge is -2.37. The Bertz CT molecular complexity index is 1470. The maximum atomic E-state index is 14.2. The molecule has 0 heterocycles. The summed E-state index contributed by atoms with van der Waals surface area (Å²) in [6, 6.07) is 37.8. The molecule has 4 rings (SSSR count). The third kappa shape index (κ3) is 7.66. The molecule has 0 amide bonds. The Hall–Kier alpha value is -4.08.